The summed E-state index contributed by atoms with van der Waals surface area (Å²) in [5.41, 5.74) is 6.84. The summed E-state index contributed by atoms with van der Waals surface area (Å²) in [5, 5.41) is 3.31. The van der Waals surface area contributed by atoms with E-state index >= 15 is 0 Å². The van der Waals surface area contributed by atoms with Crippen LogP contribution in [0.25, 0.3) is 10.2 Å². The van der Waals surface area contributed by atoms with Crippen molar-refractivity contribution in [2.45, 2.75) is 0 Å². The van der Waals surface area contributed by atoms with Crippen LogP contribution in [0.3, 0.4) is 0 Å². The van der Waals surface area contributed by atoms with Gasteiger partial charge in [0, 0.05) is 23.3 Å². The lowest BCUT2D eigenvalue weighted by atomic mass is 10.2. The summed E-state index contributed by atoms with van der Waals surface area (Å²) >= 11 is 1.36. The molecule has 0 radical (unpaired) electrons. The van der Waals surface area contributed by atoms with Gasteiger partial charge < -0.3 is 19.9 Å². The number of hydrogen-bond acceptors (Lipinski definition) is 7. The lowest BCUT2D eigenvalue weighted by Gasteiger charge is -2.17. The number of amides is 2. The van der Waals surface area contributed by atoms with Gasteiger partial charge in [-0.15, -0.1) is 0 Å². The maximum absolute atomic E-state index is 12.6. The van der Waals surface area contributed by atoms with E-state index in [0.717, 1.165) is 10.2 Å². The van der Waals surface area contributed by atoms with Crippen LogP contribution in [0.5, 0.6) is 23.0 Å². The van der Waals surface area contributed by atoms with Crippen LogP contribution in [0, 0.1) is 0 Å². The lowest BCUT2D eigenvalue weighted by molar-refractivity contribution is 0.0997. The highest BCUT2D eigenvalue weighted by Crippen LogP contribution is 2.38. The number of anilines is 1. The monoisotopic (exact) mass is 447 g/mol. The summed E-state index contributed by atoms with van der Waals surface area (Å²) < 4.78 is 17.8. The normalized spacial score (nSPS) is 12.4. The standard InChI is InChI=1S/C23H17N3O5S/c24-21(27)13-1-5-15(6-2-13)31-16-7-3-14(4-8-16)22(28)26-23-25-17-11-18-19(12-20(17)32-23)30-10-9-29-18/h1-8,11-12H,9-10H2,(H2,24,27)(H,25,26,28). The second-order valence-electron chi connectivity index (χ2n) is 6.95. The molecule has 9 heteroatoms. The molecular weight excluding hydrogens is 430 g/mol. The fourth-order valence-corrected chi connectivity index (χ4v) is 4.06. The number of nitrogens with two attached hydrogens (primary N) is 1. The molecule has 8 nitrogen and oxygen atoms in total. The third kappa shape index (κ3) is 4.06. The summed E-state index contributed by atoms with van der Waals surface area (Å²) in [5.74, 6) is 1.67. The molecule has 1 aromatic heterocycles. The van der Waals surface area contributed by atoms with Crippen molar-refractivity contribution in [3.05, 3.63) is 71.8 Å². The Morgan fingerprint density at radius 1 is 0.906 bits per heavy atom. The molecule has 0 bridgehead atoms. The number of ether oxygens (including phenoxy) is 3. The van der Waals surface area contributed by atoms with E-state index in [-0.39, 0.29) is 5.91 Å². The average Bonchev–Trinajstić information content (AvgIpc) is 3.19. The Labute approximate surface area is 186 Å². The zero-order valence-corrected chi connectivity index (χ0v) is 17.5. The van der Waals surface area contributed by atoms with E-state index in [2.05, 4.69) is 10.3 Å². The zero-order chi connectivity index (χ0) is 22.1. The lowest BCUT2D eigenvalue weighted by Crippen LogP contribution is -2.15. The van der Waals surface area contributed by atoms with Gasteiger partial charge in [-0.25, -0.2) is 4.98 Å². The number of primary amides is 1. The zero-order valence-electron chi connectivity index (χ0n) is 16.7. The Hall–Kier alpha value is -4.11. The highest BCUT2D eigenvalue weighted by Gasteiger charge is 2.16. The van der Waals surface area contributed by atoms with E-state index in [4.69, 9.17) is 19.9 Å². The molecule has 2 amide bonds. The van der Waals surface area contributed by atoms with E-state index < -0.39 is 5.91 Å². The predicted octanol–water partition coefficient (Wildman–Crippen LogP) is 4.21. The van der Waals surface area contributed by atoms with Crippen molar-refractivity contribution in [2.75, 3.05) is 18.5 Å². The first-order valence-electron chi connectivity index (χ1n) is 9.74. The van der Waals surface area contributed by atoms with Gasteiger partial charge in [0.1, 0.15) is 24.7 Å². The summed E-state index contributed by atoms with van der Waals surface area (Å²) in [6, 6.07) is 16.9. The summed E-state index contributed by atoms with van der Waals surface area (Å²) in [6.45, 7) is 1.02. The topological polar surface area (TPSA) is 113 Å². The third-order valence-electron chi connectivity index (χ3n) is 4.76. The van der Waals surface area contributed by atoms with Gasteiger partial charge in [0.15, 0.2) is 16.6 Å². The highest BCUT2D eigenvalue weighted by molar-refractivity contribution is 7.22. The maximum atomic E-state index is 12.6. The molecule has 2 heterocycles. The number of carbonyl (C=O) groups is 2. The first-order valence-corrected chi connectivity index (χ1v) is 10.6. The van der Waals surface area contributed by atoms with Crippen LogP contribution in [-0.4, -0.2) is 30.0 Å². The van der Waals surface area contributed by atoms with Crippen molar-refractivity contribution < 1.29 is 23.8 Å². The Morgan fingerprint density at radius 3 is 2.12 bits per heavy atom. The number of nitrogens with zero attached hydrogens (tertiary/aromatic N) is 1. The molecule has 3 N–H and O–H groups in total. The molecule has 0 aliphatic carbocycles. The Balaban J connectivity index is 1.27. The fraction of sp³-hybridized carbons (Fsp3) is 0.0870. The van der Waals surface area contributed by atoms with E-state index in [9.17, 15) is 9.59 Å². The van der Waals surface area contributed by atoms with E-state index in [1.54, 1.807) is 48.5 Å². The molecule has 3 aromatic carbocycles. The minimum Gasteiger partial charge on any atom is -0.486 e. The first kappa shape index (κ1) is 19.8. The predicted molar refractivity (Wildman–Crippen MR) is 120 cm³/mol. The fourth-order valence-electron chi connectivity index (χ4n) is 3.19. The first-order chi connectivity index (χ1) is 15.5. The van der Waals surface area contributed by atoms with Gasteiger partial charge in [0.2, 0.25) is 5.91 Å². The molecule has 5 rings (SSSR count). The molecular formula is C23H17N3O5S. The van der Waals surface area contributed by atoms with Crippen LogP contribution in [-0.2, 0) is 0 Å². The van der Waals surface area contributed by atoms with Crippen molar-refractivity contribution in [1.29, 1.82) is 0 Å². The summed E-state index contributed by atoms with van der Waals surface area (Å²) in [6.07, 6.45) is 0. The molecule has 1 aliphatic rings. The second kappa shape index (κ2) is 8.20. The summed E-state index contributed by atoms with van der Waals surface area (Å²) in [7, 11) is 0. The van der Waals surface area contributed by atoms with E-state index in [1.807, 2.05) is 12.1 Å². The van der Waals surface area contributed by atoms with Gasteiger partial charge in [-0.3, -0.25) is 14.9 Å². The van der Waals surface area contributed by atoms with Crippen LogP contribution in [0.2, 0.25) is 0 Å². The van der Waals surface area contributed by atoms with Gasteiger partial charge in [0.25, 0.3) is 5.91 Å². The largest absolute Gasteiger partial charge is 0.486 e. The molecule has 160 valence electrons. The van der Waals surface area contributed by atoms with Crippen LogP contribution >= 0.6 is 11.3 Å². The van der Waals surface area contributed by atoms with Crippen LogP contribution in [0.1, 0.15) is 20.7 Å². The molecule has 32 heavy (non-hydrogen) atoms. The highest BCUT2D eigenvalue weighted by atomic mass is 32.1. The van der Waals surface area contributed by atoms with Crippen molar-refractivity contribution in [2.24, 2.45) is 5.73 Å². The molecule has 0 fully saturated rings. The number of aromatic nitrogens is 1. The van der Waals surface area contributed by atoms with Gasteiger partial charge >= 0.3 is 0 Å². The molecule has 0 spiro atoms. The van der Waals surface area contributed by atoms with Gasteiger partial charge in [0.05, 0.1) is 10.2 Å². The van der Waals surface area contributed by atoms with Gasteiger partial charge in [-0.2, -0.15) is 0 Å². The number of carbonyl (C=O) groups excluding carboxylic acids is 2. The number of benzene rings is 3. The third-order valence-corrected chi connectivity index (χ3v) is 5.70. The number of fused-ring (bicyclic) bond motifs is 2. The van der Waals surface area contributed by atoms with E-state index in [0.29, 0.717) is 52.5 Å². The minimum absolute atomic E-state index is 0.279. The number of nitrogens with one attached hydrogen (secondary N) is 1. The van der Waals surface area contributed by atoms with Crippen molar-refractivity contribution in [3.63, 3.8) is 0 Å². The van der Waals surface area contributed by atoms with E-state index in [1.165, 1.54) is 11.3 Å². The second-order valence-corrected chi connectivity index (χ2v) is 7.98. The molecule has 0 atom stereocenters. The average molecular weight is 447 g/mol. The van der Waals surface area contributed by atoms with Crippen molar-refractivity contribution >= 4 is 38.5 Å². The number of rotatable bonds is 5. The molecule has 0 saturated heterocycles. The molecule has 0 unspecified atom stereocenters. The van der Waals surface area contributed by atoms with Gasteiger partial charge in [-0.1, -0.05) is 11.3 Å². The maximum Gasteiger partial charge on any atom is 0.257 e. The number of thiazole rings is 1. The van der Waals surface area contributed by atoms with Crippen LogP contribution in [0.15, 0.2) is 60.7 Å². The van der Waals surface area contributed by atoms with Crippen molar-refractivity contribution in [3.8, 4) is 23.0 Å². The molecule has 1 aliphatic heterocycles. The van der Waals surface area contributed by atoms with Crippen LogP contribution < -0.4 is 25.3 Å². The molecule has 0 saturated carbocycles. The molecule has 4 aromatic rings. The summed E-state index contributed by atoms with van der Waals surface area (Å²) in [4.78, 5) is 28.3. The minimum atomic E-state index is -0.499. The smallest absolute Gasteiger partial charge is 0.257 e. The quantitative estimate of drug-likeness (QED) is 0.474. The SMILES string of the molecule is NC(=O)c1ccc(Oc2ccc(C(=O)Nc3nc4cc5c(cc4s3)OCCO5)cc2)cc1. The Bertz CT molecular complexity index is 1270. The van der Waals surface area contributed by atoms with Crippen LogP contribution in [0.4, 0.5) is 5.13 Å². The van der Waals surface area contributed by atoms with Crippen molar-refractivity contribution in [1.82, 2.24) is 4.98 Å². The number of hydrogen-bond donors (Lipinski definition) is 2. The Kier molecular flexibility index (Phi) is 5.08. The van der Waals surface area contributed by atoms with Gasteiger partial charge in [-0.05, 0) is 48.5 Å². The Morgan fingerprint density at radius 2 is 1.50 bits per heavy atom.